The molecule has 1 aliphatic rings. The van der Waals surface area contributed by atoms with Gasteiger partial charge in [-0.05, 0) is 12.8 Å². The number of hydrogen-bond donors (Lipinski definition) is 3. The molecule has 0 heterocycles. The van der Waals surface area contributed by atoms with Gasteiger partial charge in [-0.25, -0.2) is 5.43 Å². The molecular weight excluding hydrogens is 116 g/mol. The highest BCUT2D eigenvalue weighted by molar-refractivity contribution is 4.68. The predicted molar refractivity (Wildman–Crippen MR) is 34.9 cm³/mol. The molecule has 0 radical (unpaired) electrons. The first-order valence-corrected chi connectivity index (χ1v) is 3.58. The van der Waals surface area contributed by atoms with Gasteiger partial charge in [0, 0.05) is 6.04 Å². The van der Waals surface area contributed by atoms with Crippen molar-refractivity contribution in [2.45, 2.75) is 38.1 Å². The Morgan fingerprint density at radius 2 is 1.78 bits per heavy atom. The quantitative estimate of drug-likeness (QED) is 0.484. The highest BCUT2D eigenvalue weighted by Crippen LogP contribution is 2.16. The van der Waals surface area contributed by atoms with Crippen LogP contribution in [0.2, 0.25) is 0 Å². The molecule has 0 aromatic rings. The Kier molecular flexibility index (Phi) is 2.97. The highest BCUT2D eigenvalue weighted by Gasteiger charge is 2.10. The van der Waals surface area contributed by atoms with Crippen molar-refractivity contribution in [3.63, 3.8) is 0 Å². The summed E-state index contributed by atoms with van der Waals surface area (Å²) in [5.74, 6) is 0. The molecule has 0 saturated heterocycles. The zero-order chi connectivity index (χ0) is 6.53. The number of hydrogen-bond acceptors (Lipinski definition) is 3. The predicted octanol–water partition coefficient (Wildman–Crippen LogP) is 0.802. The van der Waals surface area contributed by atoms with Crippen LogP contribution in [0.15, 0.2) is 0 Å². The van der Waals surface area contributed by atoms with Crippen molar-refractivity contribution in [2.75, 3.05) is 0 Å². The van der Waals surface area contributed by atoms with Gasteiger partial charge in [0.1, 0.15) is 0 Å². The molecule has 1 saturated carbocycles. The Hall–Kier alpha value is -0.120. The lowest BCUT2D eigenvalue weighted by molar-refractivity contribution is 0.0955. The summed E-state index contributed by atoms with van der Waals surface area (Å²) in [5.41, 5.74) is 4.78. The van der Waals surface area contributed by atoms with Crippen molar-refractivity contribution in [1.82, 2.24) is 11.0 Å². The molecule has 3 N–H and O–H groups in total. The molecule has 3 nitrogen and oxygen atoms in total. The minimum Gasteiger partial charge on any atom is -0.302 e. The maximum absolute atomic E-state index is 8.26. The van der Waals surface area contributed by atoms with E-state index in [0.717, 1.165) is 0 Å². The summed E-state index contributed by atoms with van der Waals surface area (Å²) in [7, 11) is 0. The zero-order valence-corrected chi connectivity index (χ0v) is 5.56. The van der Waals surface area contributed by atoms with Gasteiger partial charge in [0.2, 0.25) is 0 Å². The van der Waals surface area contributed by atoms with E-state index in [4.69, 9.17) is 5.21 Å². The Balaban J connectivity index is 2.08. The van der Waals surface area contributed by atoms with Crippen LogP contribution in [0.3, 0.4) is 0 Å². The largest absolute Gasteiger partial charge is 0.302 e. The van der Waals surface area contributed by atoms with E-state index < -0.39 is 0 Å². The van der Waals surface area contributed by atoms with Gasteiger partial charge in [-0.15, -0.1) is 5.59 Å². The maximum atomic E-state index is 8.26. The zero-order valence-electron chi connectivity index (χ0n) is 5.56. The SMILES string of the molecule is ONNC1CCCCC1. The van der Waals surface area contributed by atoms with Crippen LogP contribution in [-0.4, -0.2) is 11.2 Å². The molecule has 3 heteroatoms. The molecule has 1 fully saturated rings. The first kappa shape index (κ1) is 6.99. The second kappa shape index (κ2) is 3.82. The Morgan fingerprint density at radius 1 is 1.11 bits per heavy atom. The molecule has 0 spiro atoms. The molecule has 0 aromatic heterocycles. The van der Waals surface area contributed by atoms with Crippen molar-refractivity contribution in [2.24, 2.45) is 0 Å². The number of nitrogens with one attached hydrogen (secondary N) is 2. The molecule has 0 aliphatic heterocycles. The molecule has 9 heavy (non-hydrogen) atoms. The third-order valence-corrected chi connectivity index (χ3v) is 1.87. The second-order valence-electron chi connectivity index (χ2n) is 2.59. The minimum atomic E-state index is 0.490. The van der Waals surface area contributed by atoms with Crippen LogP contribution < -0.4 is 11.0 Å². The Bertz CT molecular complexity index is 68.7. The molecule has 0 amide bonds. The van der Waals surface area contributed by atoms with E-state index in [1.807, 2.05) is 5.59 Å². The molecule has 1 aliphatic carbocycles. The second-order valence-corrected chi connectivity index (χ2v) is 2.59. The summed E-state index contributed by atoms with van der Waals surface area (Å²) in [4.78, 5) is 0. The third kappa shape index (κ3) is 2.30. The first-order chi connectivity index (χ1) is 4.43. The first-order valence-electron chi connectivity index (χ1n) is 3.58. The Labute approximate surface area is 55.4 Å². The van der Waals surface area contributed by atoms with Gasteiger partial charge in [0.05, 0.1) is 0 Å². The van der Waals surface area contributed by atoms with Crippen LogP contribution in [0, 0.1) is 0 Å². The van der Waals surface area contributed by atoms with Crippen LogP contribution in [-0.2, 0) is 0 Å². The molecule has 0 bridgehead atoms. The number of rotatable bonds is 2. The van der Waals surface area contributed by atoms with Gasteiger partial charge in [0.25, 0.3) is 0 Å². The summed E-state index contributed by atoms with van der Waals surface area (Å²) in [5, 5.41) is 8.26. The smallest absolute Gasteiger partial charge is 0.0234 e. The van der Waals surface area contributed by atoms with Crippen LogP contribution in [0.5, 0.6) is 0 Å². The molecule has 0 unspecified atom stereocenters. The average molecular weight is 130 g/mol. The van der Waals surface area contributed by atoms with Crippen LogP contribution in [0.1, 0.15) is 32.1 Å². The van der Waals surface area contributed by atoms with Gasteiger partial charge >= 0.3 is 0 Å². The summed E-state index contributed by atoms with van der Waals surface area (Å²) < 4.78 is 0. The topological polar surface area (TPSA) is 44.3 Å². The van der Waals surface area contributed by atoms with Crippen LogP contribution in [0.25, 0.3) is 0 Å². The lowest BCUT2D eigenvalue weighted by Gasteiger charge is -2.21. The maximum Gasteiger partial charge on any atom is 0.0234 e. The fourth-order valence-corrected chi connectivity index (χ4v) is 1.34. The van der Waals surface area contributed by atoms with Gasteiger partial charge < -0.3 is 5.21 Å². The minimum absolute atomic E-state index is 0.490. The van der Waals surface area contributed by atoms with Crippen molar-refractivity contribution in [3.8, 4) is 0 Å². The fourth-order valence-electron chi connectivity index (χ4n) is 1.34. The third-order valence-electron chi connectivity index (χ3n) is 1.87. The normalized spacial score (nSPS) is 22.3. The van der Waals surface area contributed by atoms with E-state index in [-0.39, 0.29) is 0 Å². The van der Waals surface area contributed by atoms with E-state index in [0.29, 0.717) is 6.04 Å². The summed E-state index contributed by atoms with van der Waals surface area (Å²) >= 11 is 0. The van der Waals surface area contributed by atoms with Crippen molar-refractivity contribution >= 4 is 0 Å². The Morgan fingerprint density at radius 3 is 2.33 bits per heavy atom. The summed E-state index contributed by atoms with van der Waals surface area (Å²) in [6.07, 6.45) is 6.31. The van der Waals surface area contributed by atoms with E-state index in [1.165, 1.54) is 32.1 Å². The van der Waals surface area contributed by atoms with Crippen LogP contribution >= 0.6 is 0 Å². The molecule has 1 rings (SSSR count). The lowest BCUT2D eigenvalue weighted by atomic mass is 9.96. The monoisotopic (exact) mass is 130 g/mol. The van der Waals surface area contributed by atoms with Crippen molar-refractivity contribution in [1.29, 1.82) is 0 Å². The van der Waals surface area contributed by atoms with E-state index in [2.05, 4.69) is 5.43 Å². The van der Waals surface area contributed by atoms with Gasteiger partial charge in [-0.2, -0.15) is 0 Å². The molecule has 54 valence electrons. The van der Waals surface area contributed by atoms with Gasteiger partial charge in [0.15, 0.2) is 0 Å². The van der Waals surface area contributed by atoms with E-state index >= 15 is 0 Å². The standard InChI is InChI=1S/C6H14N2O/c9-8-7-6-4-2-1-3-5-6/h6-9H,1-5H2. The molecular formula is C6H14N2O. The molecule has 0 aromatic carbocycles. The summed E-state index contributed by atoms with van der Waals surface area (Å²) in [6, 6.07) is 0.490. The van der Waals surface area contributed by atoms with Gasteiger partial charge in [-0.3, -0.25) is 0 Å². The summed E-state index contributed by atoms with van der Waals surface area (Å²) in [6.45, 7) is 0. The van der Waals surface area contributed by atoms with Crippen LogP contribution in [0.4, 0.5) is 0 Å². The average Bonchev–Trinajstić information content (AvgIpc) is 1.91. The highest BCUT2D eigenvalue weighted by atomic mass is 16.5. The van der Waals surface area contributed by atoms with Crippen molar-refractivity contribution in [3.05, 3.63) is 0 Å². The lowest BCUT2D eigenvalue weighted by Crippen LogP contribution is -2.39. The van der Waals surface area contributed by atoms with E-state index in [9.17, 15) is 0 Å². The van der Waals surface area contributed by atoms with Gasteiger partial charge in [-0.1, -0.05) is 19.3 Å². The number of hydrazine groups is 1. The molecule has 0 atom stereocenters. The van der Waals surface area contributed by atoms with E-state index in [1.54, 1.807) is 0 Å². The fraction of sp³-hybridized carbons (Fsp3) is 1.00. The van der Waals surface area contributed by atoms with Crippen molar-refractivity contribution < 1.29 is 5.21 Å².